The molecule has 1 saturated heterocycles. The van der Waals surface area contributed by atoms with Gasteiger partial charge >= 0.3 is 0 Å². The molecular weight excluding hydrogens is 330 g/mol. The summed E-state index contributed by atoms with van der Waals surface area (Å²) in [5.41, 5.74) is 1.62. The summed E-state index contributed by atoms with van der Waals surface area (Å²) in [6.07, 6.45) is 0. The van der Waals surface area contributed by atoms with Crippen molar-refractivity contribution in [3.05, 3.63) is 29.3 Å². The number of hydrogen-bond acceptors (Lipinski definition) is 4. The van der Waals surface area contributed by atoms with Gasteiger partial charge in [-0.15, -0.1) is 0 Å². The van der Waals surface area contributed by atoms with Crippen LogP contribution in [0.25, 0.3) is 0 Å². The number of nitrogens with zero attached hydrogens (tertiary/aromatic N) is 2. The molecule has 2 rings (SSSR count). The van der Waals surface area contributed by atoms with E-state index in [4.69, 9.17) is 0 Å². The fraction of sp³-hybridized carbons (Fsp3) is 0.500. The lowest BCUT2D eigenvalue weighted by molar-refractivity contribution is -0.137. The summed E-state index contributed by atoms with van der Waals surface area (Å²) in [6, 6.07) is 5.06. The van der Waals surface area contributed by atoms with Gasteiger partial charge in [-0.25, -0.2) is 13.1 Å². The summed E-state index contributed by atoms with van der Waals surface area (Å²) in [4.78, 5) is 26.9. The van der Waals surface area contributed by atoms with Crippen LogP contribution in [0, 0.1) is 13.8 Å². The molecule has 1 fully saturated rings. The number of amides is 2. The Hall–Kier alpha value is -1.93. The maximum absolute atomic E-state index is 12.4. The molecule has 1 N–H and O–H groups in total. The van der Waals surface area contributed by atoms with E-state index in [2.05, 4.69) is 4.72 Å². The first kappa shape index (κ1) is 18.4. The Morgan fingerprint density at radius 3 is 2.21 bits per heavy atom. The number of nitrogens with one attached hydrogen (secondary N) is 1. The Morgan fingerprint density at radius 1 is 1.08 bits per heavy atom. The quantitative estimate of drug-likeness (QED) is 0.842. The standard InChI is InChI=1S/C16H23N3O4S/c1-12-4-5-15(13(2)10-12)24(22,23)17-11-16(21)19-8-6-18(7-9-19)14(3)20/h4-5,10,17H,6-9,11H2,1-3H3. The van der Waals surface area contributed by atoms with E-state index in [-0.39, 0.29) is 23.3 Å². The molecule has 7 nitrogen and oxygen atoms in total. The monoisotopic (exact) mass is 353 g/mol. The lowest BCUT2D eigenvalue weighted by atomic mass is 10.2. The maximum Gasteiger partial charge on any atom is 0.241 e. The zero-order valence-electron chi connectivity index (χ0n) is 14.2. The van der Waals surface area contributed by atoms with E-state index in [0.717, 1.165) is 5.56 Å². The Morgan fingerprint density at radius 2 is 1.67 bits per heavy atom. The molecule has 24 heavy (non-hydrogen) atoms. The summed E-state index contributed by atoms with van der Waals surface area (Å²) in [5.74, 6) is -0.302. The molecule has 0 unspecified atom stereocenters. The Kier molecular flexibility index (Phi) is 5.61. The number of aryl methyl sites for hydroxylation is 2. The van der Waals surface area contributed by atoms with Crippen molar-refractivity contribution >= 4 is 21.8 Å². The molecule has 1 aliphatic rings. The van der Waals surface area contributed by atoms with Crippen molar-refractivity contribution in [2.45, 2.75) is 25.7 Å². The van der Waals surface area contributed by atoms with E-state index in [0.29, 0.717) is 31.7 Å². The Labute approximate surface area is 142 Å². The average Bonchev–Trinajstić information content (AvgIpc) is 2.52. The van der Waals surface area contributed by atoms with Crippen molar-refractivity contribution in [1.82, 2.24) is 14.5 Å². The van der Waals surface area contributed by atoms with Gasteiger partial charge < -0.3 is 9.80 Å². The number of sulfonamides is 1. The number of benzene rings is 1. The third-order valence-corrected chi connectivity index (χ3v) is 5.67. The van der Waals surface area contributed by atoms with Crippen molar-refractivity contribution in [3.63, 3.8) is 0 Å². The zero-order chi connectivity index (χ0) is 17.9. The molecule has 2 amide bonds. The first-order chi connectivity index (χ1) is 11.2. The number of carbonyl (C=O) groups excluding carboxylic acids is 2. The SMILES string of the molecule is CC(=O)N1CCN(C(=O)CNS(=O)(=O)c2ccc(C)cc2C)CC1. The highest BCUT2D eigenvalue weighted by atomic mass is 32.2. The lowest BCUT2D eigenvalue weighted by Gasteiger charge is -2.34. The molecule has 1 aromatic rings. The van der Waals surface area contributed by atoms with Crippen LogP contribution in [-0.4, -0.2) is 62.8 Å². The van der Waals surface area contributed by atoms with Crippen LogP contribution in [0.3, 0.4) is 0 Å². The third-order valence-electron chi connectivity index (χ3n) is 4.11. The first-order valence-electron chi connectivity index (χ1n) is 7.81. The molecule has 1 aliphatic heterocycles. The maximum atomic E-state index is 12.4. The number of piperazine rings is 1. The minimum absolute atomic E-state index is 0.0161. The van der Waals surface area contributed by atoms with Crippen LogP contribution in [0.15, 0.2) is 23.1 Å². The normalized spacial score (nSPS) is 15.5. The highest BCUT2D eigenvalue weighted by Gasteiger charge is 2.24. The minimum atomic E-state index is -3.73. The Bertz CT molecular complexity index is 738. The summed E-state index contributed by atoms with van der Waals surface area (Å²) in [5, 5.41) is 0. The smallest absolute Gasteiger partial charge is 0.241 e. The molecule has 0 radical (unpaired) electrons. The van der Waals surface area contributed by atoms with Crippen LogP contribution in [0.2, 0.25) is 0 Å². The highest BCUT2D eigenvalue weighted by molar-refractivity contribution is 7.89. The average molecular weight is 353 g/mol. The summed E-state index contributed by atoms with van der Waals surface area (Å²) < 4.78 is 27.1. The minimum Gasteiger partial charge on any atom is -0.339 e. The predicted octanol–water partition coefficient (Wildman–Crippen LogP) is 0.272. The molecule has 8 heteroatoms. The largest absolute Gasteiger partial charge is 0.339 e. The van der Waals surface area contributed by atoms with Crippen LogP contribution >= 0.6 is 0 Å². The van der Waals surface area contributed by atoms with E-state index in [9.17, 15) is 18.0 Å². The van der Waals surface area contributed by atoms with Gasteiger partial charge in [-0.3, -0.25) is 9.59 Å². The van der Waals surface area contributed by atoms with Crippen LogP contribution in [-0.2, 0) is 19.6 Å². The molecular formula is C16H23N3O4S. The van der Waals surface area contributed by atoms with Gasteiger partial charge in [0.25, 0.3) is 0 Å². The molecule has 0 saturated carbocycles. The van der Waals surface area contributed by atoms with Crippen molar-refractivity contribution in [2.24, 2.45) is 0 Å². The van der Waals surface area contributed by atoms with E-state index >= 15 is 0 Å². The molecule has 1 aromatic carbocycles. The molecule has 0 aliphatic carbocycles. The molecule has 132 valence electrons. The van der Waals surface area contributed by atoms with Crippen LogP contribution in [0.1, 0.15) is 18.1 Å². The van der Waals surface area contributed by atoms with Gasteiger partial charge in [0.1, 0.15) is 0 Å². The van der Waals surface area contributed by atoms with Crippen LogP contribution in [0.5, 0.6) is 0 Å². The van der Waals surface area contributed by atoms with Crippen LogP contribution < -0.4 is 4.72 Å². The lowest BCUT2D eigenvalue weighted by Crippen LogP contribution is -2.52. The van der Waals surface area contributed by atoms with Gasteiger partial charge in [0.05, 0.1) is 11.4 Å². The zero-order valence-corrected chi connectivity index (χ0v) is 15.0. The van der Waals surface area contributed by atoms with Gasteiger partial charge in [0, 0.05) is 33.1 Å². The summed E-state index contributed by atoms with van der Waals surface area (Å²) in [6.45, 7) is 6.62. The number of carbonyl (C=O) groups is 2. The molecule has 0 aromatic heterocycles. The first-order valence-corrected chi connectivity index (χ1v) is 9.29. The fourth-order valence-corrected chi connectivity index (χ4v) is 3.92. The van der Waals surface area contributed by atoms with Crippen molar-refractivity contribution in [1.29, 1.82) is 0 Å². The Balaban J connectivity index is 1.95. The summed E-state index contributed by atoms with van der Waals surface area (Å²) >= 11 is 0. The third kappa shape index (κ3) is 4.33. The van der Waals surface area contributed by atoms with Crippen molar-refractivity contribution in [3.8, 4) is 0 Å². The van der Waals surface area contributed by atoms with E-state index < -0.39 is 10.0 Å². The molecule has 1 heterocycles. The molecule has 0 spiro atoms. The number of rotatable bonds is 4. The fourth-order valence-electron chi connectivity index (χ4n) is 2.72. The molecule has 0 bridgehead atoms. The second-order valence-electron chi connectivity index (χ2n) is 5.98. The van der Waals surface area contributed by atoms with Gasteiger partial charge in [0.15, 0.2) is 0 Å². The van der Waals surface area contributed by atoms with Gasteiger partial charge in [0.2, 0.25) is 21.8 Å². The van der Waals surface area contributed by atoms with Gasteiger partial charge in [-0.2, -0.15) is 0 Å². The van der Waals surface area contributed by atoms with Crippen molar-refractivity contribution in [2.75, 3.05) is 32.7 Å². The van der Waals surface area contributed by atoms with E-state index in [1.54, 1.807) is 34.9 Å². The van der Waals surface area contributed by atoms with E-state index in [1.165, 1.54) is 6.92 Å². The second kappa shape index (κ2) is 7.31. The number of hydrogen-bond donors (Lipinski definition) is 1. The summed E-state index contributed by atoms with van der Waals surface area (Å²) in [7, 11) is -3.73. The highest BCUT2D eigenvalue weighted by Crippen LogP contribution is 2.16. The second-order valence-corrected chi connectivity index (χ2v) is 7.72. The van der Waals surface area contributed by atoms with Gasteiger partial charge in [-0.1, -0.05) is 17.7 Å². The van der Waals surface area contributed by atoms with Crippen molar-refractivity contribution < 1.29 is 18.0 Å². The van der Waals surface area contributed by atoms with E-state index in [1.807, 2.05) is 6.92 Å². The predicted molar refractivity (Wildman–Crippen MR) is 89.9 cm³/mol. The van der Waals surface area contributed by atoms with Gasteiger partial charge in [-0.05, 0) is 25.5 Å². The van der Waals surface area contributed by atoms with Crippen LogP contribution in [0.4, 0.5) is 0 Å². The topological polar surface area (TPSA) is 86.8 Å². The molecule has 0 atom stereocenters.